The molecule has 29 heavy (non-hydrogen) atoms. The minimum Gasteiger partial charge on any atom is -0.490 e. The summed E-state index contributed by atoms with van der Waals surface area (Å²) in [7, 11) is 0. The van der Waals surface area contributed by atoms with E-state index in [1.165, 1.54) is 6.20 Å². The molecule has 0 aliphatic carbocycles. The molecule has 1 aromatic carbocycles. The minimum atomic E-state index is -0.737. The Balaban J connectivity index is 1.64. The fourth-order valence-electron chi connectivity index (χ4n) is 3.30. The molecule has 0 radical (unpaired) electrons. The third-order valence-corrected chi connectivity index (χ3v) is 4.79. The van der Waals surface area contributed by atoms with Gasteiger partial charge in [0.2, 0.25) is 5.82 Å². The van der Waals surface area contributed by atoms with Crippen LogP contribution in [0, 0.1) is 17.0 Å². The van der Waals surface area contributed by atoms with Gasteiger partial charge in [0.05, 0.1) is 18.1 Å². The van der Waals surface area contributed by atoms with Gasteiger partial charge in [0.25, 0.3) is 0 Å². The lowest BCUT2D eigenvalue weighted by Crippen LogP contribution is -2.26. The van der Waals surface area contributed by atoms with Crippen LogP contribution in [0.1, 0.15) is 18.4 Å². The summed E-state index contributed by atoms with van der Waals surface area (Å²) in [6, 6.07) is 10.3. The van der Waals surface area contributed by atoms with Crippen molar-refractivity contribution in [3.63, 3.8) is 0 Å². The van der Waals surface area contributed by atoms with Gasteiger partial charge >= 0.3 is 11.2 Å². The molecule has 1 aliphatic heterocycles. The molecule has 1 aliphatic rings. The molecule has 9 heteroatoms. The molecule has 0 amide bonds. The average Bonchev–Trinajstić information content (AvgIpc) is 2.71. The van der Waals surface area contributed by atoms with Gasteiger partial charge in [-0.15, -0.1) is 0 Å². The van der Waals surface area contributed by atoms with Gasteiger partial charge in [-0.1, -0.05) is 6.07 Å². The van der Waals surface area contributed by atoms with Crippen molar-refractivity contribution in [2.24, 2.45) is 0 Å². The third-order valence-electron chi connectivity index (χ3n) is 4.79. The largest absolute Gasteiger partial charge is 0.490 e. The number of hydrogen-bond donors (Lipinski definition) is 1. The highest BCUT2D eigenvalue weighted by Crippen LogP contribution is 2.28. The summed E-state index contributed by atoms with van der Waals surface area (Å²) < 4.78 is 12.5. The molecular formula is C20H20N4O5. The number of rotatable bonds is 5. The zero-order valence-electron chi connectivity index (χ0n) is 15.8. The van der Waals surface area contributed by atoms with Crippen molar-refractivity contribution in [1.82, 2.24) is 9.38 Å². The van der Waals surface area contributed by atoms with Crippen LogP contribution in [0.4, 0.5) is 17.2 Å². The number of pyridine rings is 1. The monoisotopic (exact) mass is 396 g/mol. The first kappa shape index (κ1) is 18.9. The minimum absolute atomic E-state index is 0.0938. The number of nitro groups is 1. The second-order valence-corrected chi connectivity index (χ2v) is 6.83. The molecule has 9 nitrogen and oxygen atoms in total. The molecule has 0 spiro atoms. The van der Waals surface area contributed by atoms with Gasteiger partial charge in [-0.3, -0.25) is 19.3 Å². The van der Waals surface area contributed by atoms with Crippen LogP contribution >= 0.6 is 0 Å². The van der Waals surface area contributed by atoms with Crippen LogP contribution < -0.4 is 15.6 Å². The number of anilines is 2. The number of ether oxygens (including phenoxy) is 2. The van der Waals surface area contributed by atoms with E-state index in [1.54, 1.807) is 24.3 Å². The highest BCUT2D eigenvalue weighted by atomic mass is 16.6. The van der Waals surface area contributed by atoms with Gasteiger partial charge in [0.1, 0.15) is 17.5 Å². The van der Waals surface area contributed by atoms with Crippen molar-refractivity contribution in [2.45, 2.75) is 25.9 Å². The summed E-state index contributed by atoms with van der Waals surface area (Å²) in [4.78, 5) is 27.6. The van der Waals surface area contributed by atoms with Gasteiger partial charge in [0, 0.05) is 24.7 Å². The number of hydrogen-bond acceptors (Lipinski definition) is 7. The lowest BCUT2D eigenvalue weighted by molar-refractivity contribution is -0.385. The van der Waals surface area contributed by atoms with Gasteiger partial charge in [-0.05, 0) is 42.8 Å². The molecule has 1 fully saturated rings. The van der Waals surface area contributed by atoms with Crippen LogP contribution in [0.3, 0.4) is 0 Å². The normalized spacial score (nSPS) is 14.7. The predicted molar refractivity (Wildman–Crippen MR) is 107 cm³/mol. The molecule has 150 valence electrons. The fraction of sp³-hybridized carbons (Fsp3) is 0.300. The Morgan fingerprint density at radius 1 is 1.28 bits per heavy atom. The summed E-state index contributed by atoms with van der Waals surface area (Å²) in [6.45, 7) is 3.28. The van der Waals surface area contributed by atoms with Gasteiger partial charge < -0.3 is 14.8 Å². The quantitative estimate of drug-likeness (QED) is 0.521. The second kappa shape index (κ2) is 7.88. The fourth-order valence-corrected chi connectivity index (χ4v) is 3.30. The molecule has 0 bridgehead atoms. The number of benzene rings is 1. The summed E-state index contributed by atoms with van der Waals surface area (Å²) in [5.74, 6) is 0.659. The maximum absolute atomic E-state index is 12.5. The first-order valence-corrected chi connectivity index (χ1v) is 9.31. The number of fused-ring (bicyclic) bond motifs is 1. The number of nitrogens with one attached hydrogen (secondary N) is 1. The lowest BCUT2D eigenvalue weighted by Gasteiger charge is -2.24. The number of aryl methyl sites for hydroxylation is 1. The smallest absolute Gasteiger partial charge is 0.376 e. The predicted octanol–water partition coefficient (Wildman–Crippen LogP) is 3.21. The Hall–Kier alpha value is -3.46. The summed E-state index contributed by atoms with van der Waals surface area (Å²) in [5, 5.41) is 14.4. The Morgan fingerprint density at radius 3 is 2.79 bits per heavy atom. The highest BCUT2D eigenvalue weighted by Gasteiger charge is 2.24. The van der Waals surface area contributed by atoms with E-state index in [0.29, 0.717) is 24.5 Å². The van der Waals surface area contributed by atoms with E-state index in [-0.39, 0.29) is 11.9 Å². The van der Waals surface area contributed by atoms with E-state index in [0.717, 1.165) is 28.6 Å². The lowest BCUT2D eigenvalue weighted by atomic mass is 10.1. The molecule has 3 heterocycles. The molecule has 2 aromatic heterocycles. The molecular weight excluding hydrogens is 376 g/mol. The van der Waals surface area contributed by atoms with Crippen LogP contribution in [0.15, 0.2) is 47.4 Å². The molecule has 0 atom stereocenters. The zero-order chi connectivity index (χ0) is 20.4. The Bertz CT molecular complexity index is 1120. The van der Waals surface area contributed by atoms with E-state index >= 15 is 0 Å². The first-order chi connectivity index (χ1) is 14.0. The first-order valence-electron chi connectivity index (χ1n) is 9.31. The van der Waals surface area contributed by atoms with E-state index in [2.05, 4.69) is 10.3 Å². The van der Waals surface area contributed by atoms with Crippen molar-refractivity contribution >= 4 is 22.8 Å². The van der Waals surface area contributed by atoms with Crippen LogP contribution in [-0.2, 0) is 4.74 Å². The highest BCUT2D eigenvalue weighted by molar-refractivity contribution is 5.68. The van der Waals surface area contributed by atoms with Crippen LogP contribution in [0.2, 0.25) is 0 Å². The van der Waals surface area contributed by atoms with Gasteiger partial charge in [-0.2, -0.15) is 0 Å². The zero-order valence-corrected chi connectivity index (χ0v) is 15.8. The molecule has 3 aromatic rings. The van der Waals surface area contributed by atoms with Crippen LogP contribution in [0.5, 0.6) is 5.75 Å². The summed E-state index contributed by atoms with van der Waals surface area (Å²) in [5.41, 5.74) is 0.439. The standard InChI is InChI=1S/C20H20N4O5/c1-13-12-14(5-6-16(13)29-15-7-10-28-11-8-15)21-19-18(24(26)27)20(25)23-9-3-2-4-17(23)22-19/h2-6,9,12,15,21H,7-8,10-11H2,1H3. The van der Waals surface area contributed by atoms with Crippen molar-refractivity contribution in [3.8, 4) is 5.75 Å². The Labute approximate surface area is 166 Å². The molecule has 4 rings (SSSR count). The van der Waals surface area contributed by atoms with Crippen molar-refractivity contribution in [1.29, 1.82) is 0 Å². The molecule has 1 N–H and O–H groups in total. The maximum atomic E-state index is 12.5. The second-order valence-electron chi connectivity index (χ2n) is 6.83. The van der Waals surface area contributed by atoms with E-state index < -0.39 is 16.2 Å². The summed E-state index contributed by atoms with van der Waals surface area (Å²) in [6.07, 6.45) is 3.26. The van der Waals surface area contributed by atoms with E-state index in [9.17, 15) is 14.9 Å². The van der Waals surface area contributed by atoms with E-state index in [1.807, 2.05) is 19.1 Å². The van der Waals surface area contributed by atoms with Crippen molar-refractivity contribution in [2.75, 3.05) is 18.5 Å². The number of aromatic nitrogens is 2. The van der Waals surface area contributed by atoms with E-state index in [4.69, 9.17) is 9.47 Å². The molecule has 0 saturated carbocycles. The molecule has 0 unspecified atom stereocenters. The summed E-state index contributed by atoms with van der Waals surface area (Å²) >= 11 is 0. The van der Waals surface area contributed by atoms with Crippen LogP contribution in [0.25, 0.3) is 5.65 Å². The van der Waals surface area contributed by atoms with Crippen molar-refractivity contribution < 1.29 is 14.4 Å². The third kappa shape index (κ3) is 3.90. The topological polar surface area (TPSA) is 108 Å². The molecule has 1 saturated heterocycles. The van der Waals surface area contributed by atoms with Crippen LogP contribution in [-0.4, -0.2) is 33.6 Å². The number of nitrogens with zero attached hydrogens (tertiary/aromatic N) is 3. The maximum Gasteiger partial charge on any atom is 0.376 e. The van der Waals surface area contributed by atoms with Crippen molar-refractivity contribution in [3.05, 3.63) is 68.6 Å². The van der Waals surface area contributed by atoms with Gasteiger partial charge in [-0.25, -0.2) is 4.98 Å². The Kier molecular flexibility index (Phi) is 5.13. The SMILES string of the molecule is Cc1cc(Nc2nc3ccccn3c(=O)c2[N+](=O)[O-])ccc1OC1CCOCC1. The average molecular weight is 396 g/mol. The Morgan fingerprint density at radius 2 is 2.07 bits per heavy atom. The van der Waals surface area contributed by atoms with Gasteiger partial charge in [0.15, 0.2) is 0 Å².